The van der Waals surface area contributed by atoms with Crippen molar-refractivity contribution in [1.29, 1.82) is 0 Å². The Labute approximate surface area is 198 Å². The topological polar surface area (TPSA) is 113 Å². The maximum absolute atomic E-state index is 13.1. The molecule has 174 valence electrons. The number of aromatic nitrogens is 5. The van der Waals surface area contributed by atoms with Gasteiger partial charge in [0.15, 0.2) is 22.7 Å². The van der Waals surface area contributed by atoms with Crippen molar-refractivity contribution in [2.24, 2.45) is 0 Å². The quantitative estimate of drug-likeness (QED) is 0.433. The van der Waals surface area contributed by atoms with Gasteiger partial charge < -0.3 is 9.47 Å². The molecule has 10 nitrogen and oxygen atoms in total. The van der Waals surface area contributed by atoms with Gasteiger partial charge in [-0.25, -0.2) is 9.19 Å². The molecule has 5 aromatic rings. The van der Waals surface area contributed by atoms with Crippen molar-refractivity contribution in [3.8, 4) is 22.6 Å². The van der Waals surface area contributed by atoms with Gasteiger partial charge in [-0.15, -0.1) is 10.2 Å². The van der Waals surface area contributed by atoms with Gasteiger partial charge >= 0.3 is 0 Å². The van der Waals surface area contributed by atoms with Crippen molar-refractivity contribution in [2.75, 3.05) is 18.6 Å². The molecule has 0 saturated heterocycles. The van der Waals surface area contributed by atoms with Crippen molar-refractivity contribution < 1.29 is 14.3 Å². The summed E-state index contributed by atoms with van der Waals surface area (Å²) in [6.07, 6.45) is 2.24. The van der Waals surface area contributed by atoms with Crippen LogP contribution in [0.1, 0.15) is 22.5 Å². The Morgan fingerprint density at radius 2 is 1.80 bits per heavy atom. The van der Waals surface area contributed by atoms with E-state index >= 15 is 0 Å². The minimum atomic E-state index is -0.519. The molecule has 0 aliphatic carbocycles. The van der Waals surface area contributed by atoms with Crippen molar-refractivity contribution >= 4 is 22.6 Å². The lowest BCUT2D eigenvalue weighted by Gasteiger charge is -2.11. The number of amides is 1. The summed E-state index contributed by atoms with van der Waals surface area (Å²) in [5.74, 6) is 0.612. The molecule has 0 fully saturated rings. The summed E-state index contributed by atoms with van der Waals surface area (Å²) >= 11 is 0. The maximum Gasteiger partial charge on any atom is 0.299 e. The van der Waals surface area contributed by atoms with Gasteiger partial charge in [0.25, 0.3) is 11.5 Å². The number of aryl methyl sites for hydroxylation is 1. The molecule has 1 N–H and O–H groups in total. The summed E-state index contributed by atoms with van der Waals surface area (Å²) < 4.78 is 14.0. The number of ether oxygens (including phenoxy) is 2. The number of nitrogens with one attached hydrogen (secondary N) is 1. The van der Waals surface area contributed by atoms with Crippen LogP contribution in [0, 0.1) is 6.92 Å². The molecule has 35 heavy (non-hydrogen) atoms. The second-order valence-electron chi connectivity index (χ2n) is 8.14. The van der Waals surface area contributed by atoms with E-state index < -0.39 is 11.5 Å². The van der Waals surface area contributed by atoms with Gasteiger partial charge in [-0.2, -0.15) is 5.10 Å². The molecular formula is C25H20N6O4. The lowest BCUT2D eigenvalue weighted by molar-refractivity contribution is 0.101. The molecule has 0 bridgehead atoms. The van der Waals surface area contributed by atoms with Crippen molar-refractivity contribution in [2.45, 2.75) is 13.3 Å². The van der Waals surface area contributed by atoms with Crippen LogP contribution in [0.15, 0.2) is 65.6 Å². The first-order valence-electron chi connectivity index (χ1n) is 11.1. The monoisotopic (exact) mass is 468 g/mol. The average Bonchev–Trinajstić information content (AvgIpc) is 3.05. The summed E-state index contributed by atoms with van der Waals surface area (Å²) in [4.78, 5) is 26.0. The van der Waals surface area contributed by atoms with E-state index in [1.807, 2.05) is 37.3 Å². The summed E-state index contributed by atoms with van der Waals surface area (Å²) in [5, 5.41) is 13.1. The highest BCUT2D eigenvalue weighted by Gasteiger charge is 2.19. The van der Waals surface area contributed by atoms with Crippen LogP contribution in [0.2, 0.25) is 0 Å². The average molecular weight is 468 g/mol. The van der Waals surface area contributed by atoms with E-state index in [1.165, 1.54) is 6.20 Å². The highest BCUT2D eigenvalue weighted by molar-refractivity contribution is 6.00. The van der Waals surface area contributed by atoms with Crippen LogP contribution < -0.4 is 20.5 Å². The molecule has 1 amide bonds. The van der Waals surface area contributed by atoms with Crippen LogP contribution in [0.4, 0.5) is 0 Å². The first-order chi connectivity index (χ1) is 17.1. The van der Waals surface area contributed by atoms with E-state index in [1.54, 1.807) is 28.8 Å². The highest BCUT2D eigenvalue weighted by atomic mass is 16.5. The number of benzene rings is 2. The number of nitrogens with zero attached hydrogens (tertiary/aromatic N) is 5. The minimum Gasteiger partial charge on any atom is -0.490 e. The van der Waals surface area contributed by atoms with Gasteiger partial charge in [0, 0.05) is 18.2 Å². The van der Waals surface area contributed by atoms with Gasteiger partial charge in [-0.05, 0) is 36.8 Å². The third-order valence-electron chi connectivity index (χ3n) is 5.85. The summed E-state index contributed by atoms with van der Waals surface area (Å²) in [6.45, 7) is 2.95. The maximum atomic E-state index is 13.1. The fraction of sp³-hybridized carbons (Fsp3) is 0.160. The third kappa shape index (κ3) is 3.55. The Morgan fingerprint density at radius 3 is 2.63 bits per heavy atom. The van der Waals surface area contributed by atoms with Crippen LogP contribution >= 0.6 is 0 Å². The Bertz CT molecular complexity index is 1660. The molecule has 1 aliphatic rings. The molecule has 0 radical (unpaired) electrons. The predicted octanol–water partition coefficient (Wildman–Crippen LogP) is 2.96. The first kappa shape index (κ1) is 20.8. The normalized spacial score (nSPS) is 13.1. The van der Waals surface area contributed by atoms with Crippen molar-refractivity contribution in [3.63, 3.8) is 0 Å². The minimum absolute atomic E-state index is 0.0843. The first-order valence-corrected chi connectivity index (χ1v) is 11.1. The Balaban J connectivity index is 1.37. The van der Waals surface area contributed by atoms with E-state index in [9.17, 15) is 9.59 Å². The zero-order chi connectivity index (χ0) is 23.9. The van der Waals surface area contributed by atoms with Crippen LogP contribution in [0.25, 0.3) is 27.8 Å². The Morgan fingerprint density at radius 1 is 1.00 bits per heavy atom. The number of carbonyl (C=O) groups is 1. The largest absolute Gasteiger partial charge is 0.490 e. The molecule has 6 rings (SSSR count). The molecular weight excluding hydrogens is 448 g/mol. The van der Waals surface area contributed by atoms with Crippen LogP contribution in [-0.4, -0.2) is 43.6 Å². The van der Waals surface area contributed by atoms with Crippen molar-refractivity contribution in [1.82, 2.24) is 24.5 Å². The fourth-order valence-corrected chi connectivity index (χ4v) is 4.16. The highest BCUT2D eigenvalue weighted by Crippen LogP contribution is 2.30. The number of carbonyl (C=O) groups excluding carboxylic acids is 1. The lowest BCUT2D eigenvalue weighted by atomic mass is 10.1. The van der Waals surface area contributed by atoms with Crippen LogP contribution in [0.5, 0.6) is 11.5 Å². The van der Waals surface area contributed by atoms with E-state index in [-0.39, 0.29) is 5.52 Å². The standard InChI is InChI=1S/C25H20N6O4/c1-15-21(16-6-3-2-4-7-16)23-27-26-22-18(31(23)28-15)10-11-30(25(22)33)29-24(32)17-8-9-19-20(14-17)35-13-5-12-34-19/h2-4,6-11,14H,5,12-13H2,1H3,(H,29,32). The zero-order valence-electron chi connectivity index (χ0n) is 18.8. The number of hydrogen-bond acceptors (Lipinski definition) is 7. The van der Waals surface area contributed by atoms with E-state index in [0.29, 0.717) is 41.4 Å². The number of pyridine rings is 1. The van der Waals surface area contributed by atoms with Crippen molar-refractivity contribution in [3.05, 3.63) is 82.4 Å². The van der Waals surface area contributed by atoms with E-state index in [0.717, 1.165) is 27.9 Å². The number of rotatable bonds is 3. The molecule has 0 spiro atoms. The smallest absolute Gasteiger partial charge is 0.299 e. The second kappa shape index (κ2) is 8.24. The molecule has 0 unspecified atom stereocenters. The van der Waals surface area contributed by atoms with Crippen LogP contribution in [0.3, 0.4) is 0 Å². The summed E-state index contributed by atoms with van der Waals surface area (Å²) in [7, 11) is 0. The SMILES string of the molecule is Cc1nn2c(nnc3c(=O)n(NC(=O)c4ccc5c(c4)OCCCO5)ccc32)c1-c1ccccc1. The van der Waals surface area contributed by atoms with Gasteiger partial charge in [-0.3, -0.25) is 15.0 Å². The fourth-order valence-electron chi connectivity index (χ4n) is 4.16. The zero-order valence-corrected chi connectivity index (χ0v) is 18.8. The Hall–Kier alpha value is -4.73. The molecule has 4 heterocycles. The van der Waals surface area contributed by atoms with Gasteiger partial charge in [0.1, 0.15) is 5.52 Å². The second-order valence-corrected chi connectivity index (χ2v) is 8.14. The third-order valence-corrected chi connectivity index (χ3v) is 5.85. The molecule has 1 aliphatic heterocycles. The molecule has 0 saturated carbocycles. The van der Waals surface area contributed by atoms with Crippen LogP contribution in [-0.2, 0) is 0 Å². The van der Waals surface area contributed by atoms with E-state index in [2.05, 4.69) is 20.7 Å². The Kier molecular flexibility index (Phi) is 4.91. The van der Waals surface area contributed by atoms with Gasteiger partial charge in [-0.1, -0.05) is 30.3 Å². The van der Waals surface area contributed by atoms with Gasteiger partial charge in [0.2, 0.25) is 0 Å². The van der Waals surface area contributed by atoms with E-state index in [4.69, 9.17) is 9.47 Å². The summed E-state index contributed by atoms with van der Waals surface area (Å²) in [6, 6.07) is 16.4. The molecule has 10 heteroatoms. The molecule has 3 aromatic heterocycles. The number of fused-ring (bicyclic) bond motifs is 4. The molecule has 2 aromatic carbocycles. The van der Waals surface area contributed by atoms with Gasteiger partial charge in [0.05, 0.1) is 24.5 Å². The lowest BCUT2D eigenvalue weighted by Crippen LogP contribution is -2.33. The number of hydrogen-bond donors (Lipinski definition) is 1. The molecule has 0 atom stereocenters. The summed E-state index contributed by atoms with van der Waals surface area (Å²) in [5.41, 5.74) is 6.13. The predicted molar refractivity (Wildman–Crippen MR) is 128 cm³/mol.